The van der Waals surface area contributed by atoms with Gasteiger partial charge in [0, 0.05) is 0 Å². The lowest BCUT2D eigenvalue weighted by atomic mass is 10.6. The fourth-order valence-corrected chi connectivity index (χ4v) is 0.962. The SMILES string of the molecule is O=c1nc2n(cc1F)CCO2. The maximum atomic E-state index is 12.5. The van der Waals surface area contributed by atoms with E-state index in [1.807, 2.05) is 0 Å². The van der Waals surface area contributed by atoms with Gasteiger partial charge in [-0.15, -0.1) is 0 Å². The van der Waals surface area contributed by atoms with E-state index in [9.17, 15) is 9.18 Å². The Bertz CT molecular complexity index is 347. The Kier molecular flexibility index (Phi) is 1.18. The smallest absolute Gasteiger partial charge is 0.311 e. The Morgan fingerprint density at radius 3 is 3.36 bits per heavy atom. The topological polar surface area (TPSA) is 44.1 Å². The van der Waals surface area contributed by atoms with Crippen molar-refractivity contribution in [1.82, 2.24) is 9.55 Å². The van der Waals surface area contributed by atoms with Gasteiger partial charge in [0.15, 0.2) is 0 Å². The average molecular weight is 156 g/mol. The molecule has 0 radical (unpaired) electrons. The van der Waals surface area contributed by atoms with Crippen LogP contribution in [0, 0.1) is 5.82 Å². The monoisotopic (exact) mass is 156 g/mol. The lowest BCUT2D eigenvalue weighted by Crippen LogP contribution is -2.13. The quantitative estimate of drug-likeness (QED) is 0.521. The maximum Gasteiger partial charge on any atom is 0.311 e. The largest absolute Gasteiger partial charge is 0.463 e. The molecule has 4 nitrogen and oxygen atoms in total. The van der Waals surface area contributed by atoms with Gasteiger partial charge in [0.05, 0.1) is 12.7 Å². The Morgan fingerprint density at radius 1 is 1.73 bits per heavy atom. The minimum Gasteiger partial charge on any atom is -0.463 e. The number of hydrogen-bond donors (Lipinski definition) is 0. The van der Waals surface area contributed by atoms with Crippen LogP contribution in [0.2, 0.25) is 0 Å². The highest BCUT2D eigenvalue weighted by Gasteiger charge is 2.13. The van der Waals surface area contributed by atoms with E-state index >= 15 is 0 Å². The fourth-order valence-electron chi connectivity index (χ4n) is 0.962. The van der Waals surface area contributed by atoms with Gasteiger partial charge in [0.2, 0.25) is 5.82 Å². The van der Waals surface area contributed by atoms with Crippen molar-refractivity contribution in [2.75, 3.05) is 6.61 Å². The van der Waals surface area contributed by atoms with Crippen LogP contribution in [0.15, 0.2) is 11.0 Å². The standard InChI is InChI=1S/C6H5FN2O2/c7-4-3-9-1-2-11-6(9)8-5(4)10/h3H,1-2H2. The van der Waals surface area contributed by atoms with Crippen molar-refractivity contribution in [2.45, 2.75) is 6.54 Å². The van der Waals surface area contributed by atoms with E-state index in [-0.39, 0.29) is 6.01 Å². The fraction of sp³-hybridized carbons (Fsp3) is 0.333. The highest BCUT2D eigenvalue weighted by Crippen LogP contribution is 2.10. The van der Waals surface area contributed by atoms with Crippen LogP contribution in [0.5, 0.6) is 6.01 Å². The second-order valence-electron chi connectivity index (χ2n) is 2.22. The number of hydrogen-bond acceptors (Lipinski definition) is 3. The van der Waals surface area contributed by atoms with Crippen molar-refractivity contribution >= 4 is 0 Å². The van der Waals surface area contributed by atoms with Crippen molar-refractivity contribution < 1.29 is 9.13 Å². The van der Waals surface area contributed by atoms with Crippen LogP contribution < -0.4 is 10.3 Å². The van der Waals surface area contributed by atoms with Crippen molar-refractivity contribution in [3.63, 3.8) is 0 Å². The summed E-state index contributed by atoms with van der Waals surface area (Å²) in [6.45, 7) is 1.01. The normalized spacial score (nSPS) is 14.3. The van der Waals surface area contributed by atoms with Crippen molar-refractivity contribution in [3.05, 3.63) is 22.4 Å². The zero-order valence-corrected chi connectivity index (χ0v) is 5.58. The molecule has 1 aliphatic heterocycles. The molecule has 0 aromatic carbocycles. The third kappa shape index (κ3) is 0.886. The van der Waals surface area contributed by atoms with Crippen molar-refractivity contribution in [1.29, 1.82) is 0 Å². The molecule has 5 heteroatoms. The molecule has 0 aliphatic carbocycles. The van der Waals surface area contributed by atoms with E-state index in [1.165, 1.54) is 4.57 Å². The zero-order valence-electron chi connectivity index (χ0n) is 5.58. The summed E-state index contributed by atoms with van der Waals surface area (Å²) in [5, 5.41) is 0. The molecular formula is C6H5FN2O2. The van der Waals surface area contributed by atoms with Crippen LogP contribution in [0.1, 0.15) is 0 Å². The van der Waals surface area contributed by atoms with Crippen molar-refractivity contribution in [3.8, 4) is 6.01 Å². The van der Waals surface area contributed by atoms with E-state index in [4.69, 9.17) is 4.74 Å². The van der Waals surface area contributed by atoms with Crippen LogP contribution in [0.3, 0.4) is 0 Å². The summed E-state index contributed by atoms with van der Waals surface area (Å²) in [4.78, 5) is 14.0. The molecule has 58 valence electrons. The molecule has 2 rings (SSSR count). The molecule has 1 aliphatic rings. The molecule has 0 unspecified atom stereocenters. The van der Waals surface area contributed by atoms with Gasteiger partial charge in [-0.1, -0.05) is 0 Å². The first-order valence-electron chi connectivity index (χ1n) is 3.17. The Morgan fingerprint density at radius 2 is 2.55 bits per heavy atom. The van der Waals surface area contributed by atoms with Crippen LogP contribution >= 0.6 is 0 Å². The number of rotatable bonds is 0. The van der Waals surface area contributed by atoms with Gasteiger partial charge in [-0.2, -0.15) is 9.37 Å². The average Bonchev–Trinajstić information content (AvgIpc) is 2.36. The Balaban J connectivity index is 2.66. The maximum absolute atomic E-state index is 12.5. The van der Waals surface area contributed by atoms with E-state index in [0.717, 1.165) is 6.20 Å². The first-order chi connectivity index (χ1) is 5.27. The number of halogens is 1. The van der Waals surface area contributed by atoms with E-state index in [1.54, 1.807) is 0 Å². The molecule has 1 aromatic rings. The van der Waals surface area contributed by atoms with Gasteiger partial charge in [0.1, 0.15) is 6.61 Å². The van der Waals surface area contributed by atoms with Crippen LogP contribution in [-0.4, -0.2) is 16.2 Å². The molecule has 0 fully saturated rings. The first kappa shape index (κ1) is 6.33. The van der Waals surface area contributed by atoms with Crippen LogP contribution in [0.4, 0.5) is 4.39 Å². The summed E-state index contributed by atoms with van der Waals surface area (Å²) in [6, 6.07) is 0.205. The highest BCUT2D eigenvalue weighted by molar-refractivity contribution is 5.03. The number of aromatic nitrogens is 2. The lowest BCUT2D eigenvalue weighted by Gasteiger charge is -1.96. The Hall–Kier alpha value is -1.39. The first-order valence-corrected chi connectivity index (χ1v) is 3.17. The van der Waals surface area contributed by atoms with Gasteiger partial charge in [-0.3, -0.25) is 9.36 Å². The number of ether oxygens (including phenoxy) is 1. The zero-order chi connectivity index (χ0) is 7.84. The third-order valence-electron chi connectivity index (χ3n) is 1.48. The molecule has 0 atom stereocenters. The molecule has 0 spiro atoms. The minimum absolute atomic E-state index is 0.205. The molecule has 0 amide bonds. The third-order valence-corrected chi connectivity index (χ3v) is 1.48. The van der Waals surface area contributed by atoms with Crippen LogP contribution in [-0.2, 0) is 6.54 Å². The number of nitrogens with zero attached hydrogens (tertiary/aromatic N) is 2. The van der Waals surface area contributed by atoms with Gasteiger partial charge in [-0.25, -0.2) is 0 Å². The molecule has 0 N–H and O–H groups in total. The molecule has 2 heterocycles. The van der Waals surface area contributed by atoms with Gasteiger partial charge in [0.25, 0.3) is 6.01 Å². The summed E-state index contributed by atoms with van der Waals surface area (Å²) in [5.41, 5.74) is -0.863. The van der Waals surface area contributed by atoms with Gasteiger partial charge >= 0.3 is 5.56 Å². The summed E-state index contributed by atoms with van der Waals surface area (Å²) < 4.78 is 18.9. The summed E-state index contributed by atoms with van der Waals surface area (Å²) >= 11 is 0. The van der Waals surface area contributed by atoms with Gasteiger partial charge in [-0.05, 0) is 0 Å². The predicted octanol–water partition coefficient (Wildman–Crippen LogP) is -0.225. The molecule has 0 bridgehead atoms. The molecule has 11 heavy (non-hydrogen) atoms. The van der Waals surface area contributed by atoms with E-state index in [2.05, 4.69) is 4.98 Å². The molecule has 1 aromatic heterocycles. The second-order valence-corrected chi connectivity index (χ2v) is 2.22. The minimum atomic E-state index is -0.863. The van der Waals surface area contributed by atoms with Crippen LogP contribution in [0.25, 0.3) is 0 Å². The van der Waals surface area contributed by atoms with Gasteiger partial charge < -0.3 is 4.74 Å². The molecule has 0 saturated heterocycles. The Labute approximate surface area is 61.2 Å². The number of fused-ring (bicyclic) bond motifs is 1. The highest BCUT2D eigenvalue weighted by atomic mass is 19.1. The summed E-state index contributed by atoms with van der Waals surface area (Å²) in [6.07, 6.45) is 1.11. The molecule has 0 saturated carbocycles. The van der Waals surface area contributed by atoms with E-state index in [0.29, 0.717) is 13.2 Å². The summed E-state index contributed by atoms with van der Waals surface area (Å²) in [5.74, 6) is -0.834. The van der Waals surface area contributed by atoms with E-state index < -0.39 is 11.4 Å². The lowest BCUT2D eigenvalue weighted by molar-refractivity contribution is 0.342. The predicted molar refractivity (Wildman–Crippen MR) is 33.9 cm³/mol. The van der Waals surface area contributed by atoms with Crippen molar-refractivity contribution in [2.24, 2.45) is 0 Å². The summed E-state index contributed by atoms with van der Waals surface area (Å²) in [7, 11) is 0. The second kappa shape index (κ2) is 2.05. The molecular weight excluding hydrogens is 151 g/mol.